The smallest absolute Gasteiger partial charge is 0.355 e. The molecular weight excluding hydrogens is 447 g/mol. The van der Waals surface area contributed by atoms with Crippen molar-refractivity contribution in [1.29, 1.82) is 0 Å². The molecule has 6 nitrogen and oxygen atoms in total. The van der Waals surface area contributed by atoms with Gasteiger partial charge in [0, 0.05) is 17.7 Å². The van der Waals surface area contributed by atoms with Crippen LogP contribution in [0.2, 0.25) is 0 Å². The van der Waals surface area contributed by atoms with Crippen molar-refractivity contribution in [2.24, 2.45) is 0 Å². The van der Waals surface area contributed by atoms with E-state index in [-0.39, 0.29) is 12.2 Å². The highest BCUT2D eigenvalue weighted by Gasteiger charge is 2.33. The molecule has 1 N–H and O–H groups in total. The quantitative estimate of drug-likeness (QED) is 0.400. The lowest BCUT2D eigenvalue weighted by atomic mass is 10.1. The van der Waals surface area contributed by atoms with E-state index in [0.29, 0.717) is 22.2 Å². The second kappa shape index (κ2) is 9.38. The number of carbonyl (C=O) groups is 2. The van der Waals surface area contributed by atoms with Gasteiger partial charge >= 0.3 is 6.18 Å². The van der Waals surface area contributed by atoms with Crippen LogP contribution in [0.5, 0.6) is 0 Å². The monoisotopic (exact) mass is 467 g/mol. The minimum absolute atomic E-state index is 0.181. The maximum absolute atomic E-state index is 13.2. The first-order valence-corrected chi connectivity index (χ1v) is 10.5. The summed E-state index contributed by atoms with van der Waals surface area (Å²) in [5, 5.41) is 6.93. The van der Waals surface area contributed by atoms with E-state index in [0.717, 1.165) is 11.6 Å². The number of benzene rings is 3. The van der Waals surface area contributed by atoms with Gasteiger partial charge < -0.3 is 14.7 Å². The van der Waals surface area contributed by atoms with Gasteiger partial charge in [0.1, 0.15) is 12.1 Å². The van der Waals surface area contributed by atoms with Crippen molar-refractivity contribution in [3.8, 4) is 11.3 Å². The van der Waals surface area contributed by atoms with Gasteiger partial charge in [0.05, 0.1) is 16.6 Å². The first-order chi connectivity index (χ1) is 16.3. The second-order valence-electron chi connectivity index (χ2n) is 7.52. The van der Waals surface area contributed by atoms with Crippen LogP contribution in [0, 0.1) is 0 Å². The molecule has 174 valence electrons. The topological polar surface area (TPSA) is 75.4 Å². The van der Waals surface area contributed by atoms with Gasteiger partial charge in [-0.1, -0.05) is 47.6 Å². The Hall–Kier alpha value is -4.14. The van der Waals surface area contributed by atoms with Crippen LogP contribution in [0.1, 0.15) is 22.8 Å². The summed E-state index contributed by atoms with van der Waals surface area (Å²) in [5.74, 6) is -0.665. The minimum Gasteiger partial charge on any atom is -0.355 e. The molecule has 0 aliphatic rings. The number of para-hydroxylation sites is 1. The number of alkyl halides is 3. The average Bonchev–Trinajstić information content (AvgIpc) is 3.25. The van der Waals surface area contributed by atoms with E-state index in [1.54, 1.807) is 25.1 Å². The number of rotatable bonds is 6. The number of anilines is 1. The Balaban J connectivity index is 1.55. The summed E-state index contributed by atoms with van der Waals surface area (Å²) in [6, 6.07) is 18.8. The molecule has 1 heterocycles. The molecule has 9 heteroatoms. The summed E-state index contributed by atoms with van der Waals surface area (Å²) in [7, 11) is 0. The van der Waals surface area contributed by atoms with Crippen molar-refractivity contribution in [2.45, 2.75) is 13.1 Å². The van der Waals surface area contributed by atoms with E-state index in [9.17, 15) is 22.8 Å². The zero-order valence-corrected chi connectivity index (χ0v) is 18.1. The molecule has 0 unspecified atom stereocenters. The molecule has 1 aromatic heterocycles. The van der Waals surface area contributed by atoms with Crippen LogP contribution in [0.3, 0.4) is 0 Å². The highest BCUT2D eigenvalue weighted by molar-refractivity contribution is 6.03. The SMILES string of the molecule is CCN(CC(=O)Nc1ccccc1C(F)(F)F)C(=O)c1ccc2noc(-c3ccccc3)c2c1. The molecule has 0 bridgehead atoms. The van der Waals surface area contributed by atoms with Gasteiger partial charge in [-0.3, -0.25) is 9.59 Å². The number of carbonyl (C=O) groups excluding carboxylic acids is 2. The van der Waals surface area contributed by atoms with Gasteiger partial charge in [0.15, 0.2) is 5.76 Å². The van der Waals surface area contributed by atoms with Crippen LogP contribution in [-0.2, 0) is 11.0 Å². The Bertz CT molecular complexity index is 1330. The molecule has 4 rings (SSSR count). The lowest BCUT2D eigenvalue weighted by molar-refractivity contribution is -0.137. The summed E-state index contributed by atoms with van der Waals surface area (Å²) in [5.41, 5.74) is 0.355. The van der Waals surface area contributed by atoms with Crippen molar-refractivity contribution in [1.82, 2.24) is 10.1 Å². The van der Waals surface area contributed by atoms with Crippen molar-refractivity contribution in [2.75, 3.05) is 18.4 Å². The maximum Gasteiger partial charge on any atom is 0.418 e. The Morgan fingerprint density at radius 3 is 2.41 bits per heavy atom. The lowest BCUT2D eigenvalue weighted by Crippen LogP contribution is -2.38. The third-order valence-electron chi connectivity index (χ3n) is 5.27. The number of aromatic nitrogens is 1. The van der Waals surface area contributed by atoms with E-state index < -0.39 is 30.1 Å². The third-order valence-corrected chi connectivity index (χ3v) is 5.27. The number of likely N-dealkylation sites (N-methyl/N-ethyl adjacent to an activating group) is 1. The van der Waals surface area contributed by atoms with E-state index in [1.165, 1.54) is 23.1 Å². The zero-order chi connectivity index (χ0) is 24.3. The molecule has 0 radical (unpaired) electrons. The van der Waals surface area contributed by atoms with E-state index in [2.05, 4.69) is 10.5 Å². The number of hydrogen-bond acceptors (Lipinski definition) is 4. The van der Waals surface area contributed by atoms with Crippen LogP contribution in [-0.4, -0.2) is 35.0 Å². The standard InChI is InChI=1S/C25H20F3N3O3/c1-2-31(15-22(32)29-21-11-7-6-10-19(21)25(26,27)28)24(33)17-12-13-20-18(14-17)23(34-30-20)16-8-4-3-5-9-16/h3-14H,2,15H2,1H3,(H,29,32). The van der Waals surface area contributed by atoms with Crippen molar-refractivity contribution >= 4 is 28.4 Å². The second-order valence-corrected chi connectivity index (χ2v) is 7.52. The fourth-order valence-corrected chi connectivity index (χ4v) is 3.58. The summed E-state index contributed by atoms with van der Waals surface area (Å²) < 4.78 is 45.1. The van der Waals surface area contributed by atoms with Crippen LogP contribution in [0.15, 0.2) is 77.3 Å². The normalized spacial score (nSPS) is 11.4. The highest BCUT2D eigenvalue weighted by atomic mass is 19.4. The van der Waals surface area contributed by atoms with Crippen LogP contribution in [0.4, 0.5) is 18.9 Å². The van der Waals surface area contributed by atoms with Gasteiger partial charge in [-0.25, -0.2) is 0 Å². The Morgan fingerprint density at radius 1 is 1.00 bits per heavy atom. The van der Waals surface area contributed by atoms with E-state index >= 15 is 0 Å². The first-order valence-electron chi connectivity index (χ1n) is 10.5. The van der Waals surface area contributed by atoms with Crippen LogP contribution in [0.25, 0.3) is 22.2 Å². The largest absolute Gasteiger partial charge is 0.418 e. The molecule has 4 aromatic rings. The van der Waals surface area contributed by atoms with Gasteiger partial charge in [-0.2, -0.15) is 13.2 Å². The van der Waals surface area contributed by atoms with Crippen molar-refractivity contribution in [3.05, 3.63) is 83.9 Å². The Labute approximate surface area is 193 Å². The summed E-state index contributed by atoms with van der Waals surface area (Å²) >= 11 is 0. The van der Waals surface area contributed by atoms with Crippen molar-refractivity contribution < 1.29 is 27.3 Å². The number of amides is 2. The van der Waals surface area contributed by atoms with E-state index in [4.69, 9.17) is 4.52 Å². The summed E-state index contributed by atoms with van der Waals surface area (Å²) in [6.07, 6.45) is -4.62. The van der Waals surface area contributed by atoms with Gasteiger partial charge in [-0.15, -0.1) is 0 Å². The number of nitrogens with one attached hydrogen (secondary N) is 1. The van der Waals surface area contributed by atoms with Crippen LogP contribution < -0.4 is 5.32 Å². The molecule has 0 saturated heterocycles. The molecule has 2 amide bonds. The number of halogens is 3. The summed E-state index contributed by atoms with van der Waals surface area (Å²) in [6.45, 7) is 1.46. The third kappa shape index (κ3) is 4.78. The Morgan fingerprint density at radius 2 is 1.71 bits per heavy atom. The highest BCUT2D eigenvalue weighted by Crippen LogP contribution is 2.34. The molecule has 0 aliphatic carbocycles. The molecule has 0 saturated carbocycles. The predicted octanol–water partition coefficient (Wildman–Crippen LogP) is 5.61. The van der Waals surface area contributed by atoms with Gasteiger partial charge in [0.25, 0.3) is 5.91 Å². The van der Waals surface area contributed by atoms with Gasteiger partial charge in [0.2, 0.25) is 5.91 Å². The molecule has 0 spiro atoms. The lowest BCUT2D eigenvalue weighted by Gasteiger charge is -2.21. The maximum atomic E-state index is 13.2. The average molecular weight is 467 g/mol. The minimum atomic E-state index is -4.62. The first kappa shape index (κ1) is 23.0. The number of fused-ring (bicyclic) bond motifs is 1. The fraction of sp³-hybridized carbons (Fsp3) is 0.160. The molecule has 3 aromatic carbocycles. The molecule has 0 fully saturated rings. The molecular formula is C25H20F3N3O3. The summed E-state index contributed by atoms with van der Waals surface area (Å²) in [4.78, 5) is 26.9. The Kier molecular flexibility index (Phi) is 6.36. The number of hydrogen-bond donors (Lipinski definition) is 1. The molecule has 0 aliphatic heterocycles. The zero-order valence-electron chi connectivity index (χ0n) is 18.1. The van der Waals surface area contributed by atoms with Crippen molar-refractivity contribution in [3.63, 3.8) is 0 Å². The van der Waals surface area contributed by atoms with Gasteiger partial charge in [-0.05, 0) is 37.3 Å². The fourth-order valence-electron chi connectivity index (χ4n) is 3.58. The molecule has 0 atom stereocenters. The number of nitrogens with zero attached hydrogens (tertiary/aromatic N) is 2. The molecule has 34 heavy (non-hydrogen) atoms. The predicted molar refractivity (Wildman–Crippen MR) is 121 cm³/mol. The van der Waals surface area contributed by atoms with E-state index in [1.807, 2.05) is 30.3 Å². The van der Waals surface area contributed by atoms with Crippen LogP contribution >= 0.6 is 0 Å².